The minimum atomic E-state index is -0.594. The second-order valence-corrected chi connectivity index (χ2v) is 7.95. The maximum Gasteiger partial charge on any atom is 0.165 e. The van der Waals surface area contributed by atoms with Gasteiger partial charge in [-0.3, -0.25) is 4.98 Å². The number of likely N-dealkylation sites (N-methyl/N-ethyl adjacent to an activating group) is 1. The van der Waals surface area contributed by atoms with E-state index in [4.69, 9.17) is 4.74 Å². The standard InChI is InChI=1S/C17H19NO3.C5H5N/c1-18-7-6-17-10-3-5-13(20)16(17)21-15-12(19)4-2-9(14(15)17)8-11(10)18;1-2-4-6-5-3-1/h2-5,10-11,13,16,19-20H,6-8H2,1H3;1-5H/t10-,11+,13-,16-,17-;/m0./s1. The molecule has 6 rings (SSSR count). The van der Waals surface area contributed by atoms with Crippen molar-refractivity contribution in [1.82, 2.24) is 9.88 Å². The van der Waals surface area contributed by atoms with E-state index in [1.54, 1.807) is 18.5 Å². The van der Waals surface area contributed by atoms with E-state index in [2.05, 4.69) is 23.0 Å². The highest BCUT2D eigenvalue weighted by Crippen LogP contribution is 2.62. The fraction of sp³-hybridized carbons (Fsp3) is 0.409. The van der Waals surface area contributed by atoms with E-state index in [0.29, 0.717) is 17.7 Å². The summed E-state index contributed by atoms with van der Waals surface area (Å²) >= 11 is 0. The number of ether oxygens (including phenoxy) is 1. The number of piperidine rings is 1. The molecular formula is C22H24N2O3. The Kier molecular flexibility index (Phi) is 3.78. The summed E-state index contributed by atoms with van der Waals surface area (Å²) in [5.74, 6) is 1.19. The zero-order valence-corrected chi connectivity index (χ0v) is 15.3. The maximum atomic E-state index is 10.4. The smallest absolute Gasteiger partial charge is 0.165 e. The number of likely N-dealkylation sites (tertiary alicyclic amines) is 1. The number of aliphatic hydroxyl groups is 1. The average molecular weight is 364 g/mol. The molecule has 1 fully saturated rings. The molecule has 27 heavy (non-hydrogen) atoms. The van der Waals surface area contributed by atoms with Crippen LogP contribution in [0.15, 0.2) is 54.9 Å². The molecule has 0 radical (unpaired) electrons. The van der Waals surface area contributed by atoms with Gasteiger partial charge >= 0.3 is 0 Å². The van der Waals surface area contributed by atoms with Crippen molar-refractivity contribution in [2.24, 2.45) is 5.92 Å². The van der Waals surface area contributed by atoms with E-state index in [0.717, 1.165) is 19.4 Å². The van der Waals surface area contributed by atoms with E-state index in [1.165, 1.54) is 11.1 Å². The van der Waals surface area contributed by atoms with Gasteiger partial charge < -0.3 is 19.8 Å². The van der Waals surface area contributed by atoms with E-state index >= 15 is 0 Å². The Morgan fingerprint density at radius 2 is 2.00 bits per heavy atom. The number of pyridine rings is 1. The molecular weight excluding hydrogens is 340 g/mol. The molecule has 1 spiro atoms. The Balaban J connectivity index is 0.000000230. The SMILES string of the molecule is CN1CC[C@]23c4c5ccc(O)c4O[C@H]2[C@@H](O)C=C[C@H]3[C@H]1C5.c1ccncc1. The van der Waals surface area contributed by atoms with Gasteiger partial charge in [-0.25, -0.2) is 0 Å². The third kappa shape index (κ3) is 2.28. The summed E-state index contributed by atoms with van der Waals surface area (Å²) < 4.78 is 6.09. The van der Waals surface area contributed by atoms with Crippen LogP contribution in [0.25, 0.3) is 0 Å². The fourth-order valence-corrected chi connectivity index (χ4v) is 5.55. The predicted octanol–water partition coefficient (Wildman–Crippen LogP) is 2.28. The predicted molar refractivity (Wildman–Crippen MR) is 102 cm³/mol. The molecule has 2 aliphatic carbocycles. The highest BCUT2D eigenvalue weighted by Gasteiger charge is 2.64. The molecule has 2 aliphatic heterocycles. The van der Waals surface area contributed by atoms with Gasteiger partial charge in [-0.1, -0.05) is 24.3 Å². The van der Waals surface area contributed by atoms with E-state index in [9.17, 15) is 10.2 Å². The molecule has 2 aromatic rings. The number of phenols is 1. The van der Waals surface area contributed by atoms with Crippen molar-refractivity contribution in [3.63, 3.8) is 0 Å². The van der Waals surface area contributed by atoms with Crippen molar-refractivity contribution in [3.05, 3.63) is 66.0 Å². The molecule has 3 heterocycles. The van der Waals surface area contributed by atoms with Crippen LogP contribution in [0.2, 0.25) is 0 Å². The lowest BCUT2D eigenvalue weighted by atomic mass is 9.53. The Bertz CT molecular complexity index is 858. The van der Waals surface area contributed by atoms with Crippen molar-refractivity contribution < 1.29 is 14.9 Å². The van der Waals surface area contributed by atoms with E-state index < -0.39 is 6.10 Å². The third-order valence-electron chi connectivity index (χ3n) is 6.72. The molecule has 1 saturated heterocycles. The first-order valence-electron chi connectivity index (χ1n) is 9.56. The first kappa shape index (κ1) is 16.8. The van der Waals surface area contributed by atoms with Gasteiger partial charge in [-0.15, -0.1) is 0 Å². The molecule has 4 aliphatic rings. The molecule has 1 aromatic carbocycles. The highest BCUT2D eigenvalue weighted by molar-refractivity contribution is 5.61. The summed E-state index contributed by atoms with van der Waals surface area (Å²) in [7, 11) is 2.19. The normalized spacial score (nSPS) is 34.9. The fourth-order valence-electron chi connectivity index (χ4n) is 5.55. The number of nitrogens with zero attached hydrogens (tertiary/aromatic N) is 2. The first-order valence-corrected chi connectivity index (χ1v) is 9.56. The molecule has 140 valence electrons. The van der Waals surface area contributed by atoms with Crippen LogP contribution in [0.5, 0.6) is 11.5 Å². The summed E-state index contributed by atoms with van der Waals surface area (Å²) in [6.45, 7) is 1.01. The zero-order chi connectivity index (χ0) is 18.6. The minimum Gasteiger partial charge on any atom is -0.504 e. The molecule has 5 heteroatoms. The minimum absolute atomic E-state index is 0.160. The largest absolute Gasteiger partial charge is 0.504 e. The monoisotopic (exact) mass is 364 g/mol. The Morgan fingerprint density at radius 1 is 1.19 bits per heavy atom. The number of aromatic nitrogens is 1. The van der Waals surface area contributed by atoms with Crippen LogP contribution in [0.1, 0.15) is 17.5 Å². The molecule has 2 bridgehead atoms. The van der Waals surface area contributed by atoms with Crippen molar-refractivity contribution in [2.45, 2.75) is 36.5 Å². The van der Waals surface area contributed by atoms with Crippen molar-refractivity contribution in [1.29, 1.82) is 0 Å². The number of aliphatic hydroxyl groups excluding tert-OH is 1. The van der Waals surface area contributed by atoms with Crippen molar-refractivity contribution in [3.8, 4) is 11.5 Å². The van der Waals surface area contributed by atoms with Gasteiger partial charge in [0.1, 0.15) is 12.2 Å². The number of hydrogen-bond acceptors (Lipinski definition) is 5. The van der Waals surface area contributed by atoms with Gasteiger partial charge in [0.15, 0.2) is 11.5 Å². The van der Waals surface area contributed by atoms with Gasteiger partial charge in [-0.05, 0) is 50.2 Å². The van der Waals surface area contributed by atoms with Crippen LogP contribution in [0.3, 0.4) is 0 Å². The van der Waals surface area contributed by atoms with Gasteiger partial charge in [-0.2, -0.15) is 0 Å². The Morgan fingerprint density at radius 3 is 2.70 bits per heavy atom. The number of rotatable bonds is 0. The molecule has 1 aromatic heterocycles. The maximum absolute atomic E-state index is 10.4. The zero-order valence-electron chi connectivity index (χ0n) is 15.3. The summed E-state index contributed by atoms with van der Waals surface area (Å²) in [5, 5.41) is 20.6. The summed E-state index contributed by atoms with van der Waals surface area (Å²) in [6.07, 6.45) is 8.68. The Labute approximate surface area is 158 Å². The van der Waals surface area contributed by atoms with Gasteiger partial charge in [0.25, 0.3) is 0 Å². The van der Waals surface area contributed by atoms with E-state index in [1.807, 2.05) is 30.3 Å². The molecule has 5 nitrogen and oxygen atoms in total. The van der Waals surface area contributed by atoms with Crippen LogP contribution in [0.4, 0.5) is 0 Å². The topological polar surface area (TPSA) is 65.8 Å². The lowest BCUT2D eigenvalue weighted by Gasteiger charge is -2.56. The van der Waals surface area contributed by atoms with Gasteiger partial charge in [0.2, 0.25) is 0 Å². The lowest BCUT2D eigenvalue weighted by molar-refractivity contribution is -0.0453. The van der Waals surface area contributed by atoms with Gasteiger partial charge in [0.05, 0.1) is 0 Å². The molecule has 5 atom stereocenters. The number of aromatic hydroxyl groups is 1. The lowest BCUT2D eigenvalue weighted by Crippen LogP contribution is -2.64. The molecule has 0 amide bonds. The average Bonchev–Trinajstić information content (AvgIpc) is 3.06. The quantitative estimate of drug-likeness (QED) is 0.702. The number of hydrogen-bond donors (Lipinski definition) is 2. The van der Waals surface area contributed by atoms with Crippen LogP contribution in [-0.4, -0.2) is 51.9 Å². The third-order valence-corrected chi connectivity index (χ3v) is 6.72. The first-order chi connectivity index (χ1) is 13.1. The molecule has 0 unspecified atom stereocenters. The van der Waals surface area contributed by atoms with Gasteiger partial charge in [0, 0.05) is 35.3 Å². The summed E-state index contributed by atoms with van der Waals surface area (Å²) in [6, 6.07) is 9.94. The van der Waals surface area contributed by atoms with E-state index in [-0.39, 0.29) is 17.3 Å². The van der Waals surface area contributed by atoms with Crippen LogP contribution < -0.4 is 4.74 Å². The second kappa shape index (κ2) is 6.08. The second-order valence-electron chi connectivity index (χ2n) is 7.95. The van der Waals surface area contributed by atoms with Crippen LogP contribution in [0, 0.1) is 5.92 Å². The highest BCUT2D eigenvalue weighted by atomic mass is 16.5. The van der Waals surface area contributed by atoms with Crippen LogP contribution in [-0.2, 0) is 11.8 Å². The summed E-state index contributed by atoms with van der Waals surface area (Å²) in [5.41, 5.74) is 2.29. The number of benzene rings is 1. The molecule has 0 saturated carbocycles. The van der Waals surface area contributed by atoms with Crippen LogP contribution >= 0.6 is 0 Å². The molecule has 2 N–H and O–H groups in total. The van der Waals surface area contributed by atoms with Crippen molar-refractivity contribution in [2.75, 3.05) is 13.6 Å². The summed E-state index contributed by atoms with van der Waals surface area (Å²) in [4.78, 5) is 6.22. The number of phenolic OH excluding ortho intramolecular Hbond substituents is 1. The van der Waals surface area contributed by atoms with Crippen molar-refractivity contribution >= 4 is 0 Å². The Hall–Kier alpha value is -2.37.